The lowest BCUT2D eigenvalue weighted by atomic mass is 9.91. The SMILES string of the molecule is CN[C@H]1CN(c2ccc3c(n2)CC[C@H](NC(=O)c2sc4nc(C)ccc4c2N)C3)C[C@@H]1C(F)F. The summed E-state index contributed by atoms with van der Waals surface area (Å²) in [5, 5.41) is 6.94. The summed E-state index contributed by atoms with van der Waals surface area (Å²) in [7, 11) is 1.72. The minimum Gasteiger partial charge on any atom is -0.397 e. The molecular weight excluding hydrogens is 458 g/mol. The Bertz CT molecular complexity index is 1230. The first-order chi connectivity index (χ1) is 16.3. The third-order valence-corrected chi connectivity index (χ3v) is 8.02. The van der Waals surface area contributed by atoms with Gasteiger partial charge in [0.25, 0.3) is 5.91 Å². The van der Waals surface area contributed by atoms with Gasteiger partial charge in [0.05, 0.1) is 11.6 Å². The molecule has 1 fully saturated rings. The number of hydrogen-bond donors (Lipinski definition) is 3. The topological polar surface area (TPSA) is 96.2 Å². The Balaban J connectivity index is 1.27. The van der Waals surface area contributed by atoms with Crippen LogP contribution in [0.25, 0.3) is 10.2 Å². The summed E-state index contributed by atoms with van der Waals surface area (Å²) in [6, 6.07) is 7.44. The molecule has 2 aliphatic rings. The fourth-order valence-electron chi connectivity index (χ4n) is 4.98. The van der Waals surface area contributed by atoms with Crippen LogP contribution in [0.3, 0.4) is 0 Å². The van der Waals surface area contributed by atoms with Crippen LogP contribution in [0.4, 0.5) is 20.3 Å². The number of thiophene rings is 1. The van der Waals surface area contributed by atoms with Gasteiger partial charge in [0, 0.05) is 41.9 Å². The zero-order chi connectivity index (χ0) is 24.0. The van der Waals surface area contributed by atoms with E-state index in [1.807, 2.05) is 36.1 Å². The van der Waals surface area contributed by atoms with E-state index in [0.717, 1.165) is 45.8 Å². The number of anilines is 2. The fraction of sp³-hybridized carbons (Fsp3) is 0.458. The number of nitrogen functional groups attached to an aromatic ring is 1. The Hall–Kier alpha value is -2.85. The highest BCUT2D eigenvalue weighted by Gasteiger charge is 2.38. The molecule has 1 saturated heterocycles. The first-order valence-electron chi connectivity index (χ1n) is 11.5. The van der Waals surface area contributed by atoms with Gasteiger partial charge in [-0.1, -0.05) is 6.07 Å². The third kappa shape index (κ3) is 4.20. The number of carbonyl (C=O) groups is 1. The molecule has 3 aromatic heterocycles. The molecular formula is C24H28F2N6OS. The molecule has 10 heteroatoms. The molecule has 1 aliphatic carbocycles. The van der Waals surface area contributed by atoms with Crippen LogP contribution in [0, 0.1) is 12.8 Å². The van der Waals surface area contributed by atoms with Gasteiger partial charge in [-0.25, -0.2) is 18.7 Å². The second kappa shape index (κ2) is 9.07. The molecule has 0 unspecified atom stereocenters. The monoisotopic (exact) mass is 486 g/mol. The molecule has 0 radical (unpaired) electrons. The van der Waals surface area contributed by atoms with Crippen LogP contribution in [0.5, 0.6) is 0 Å². The molecule has 5 rings (SSSR count). The Morgan fingerprint density at radius 1 is 1.24 bits per heavy atom. The number of aryl methyl sites for hydroxylation is 2. The van der Waals surface area contributed by atoms with Crippen LogP contribution in [0.2, 0.25) is 0 Å². The van der Waals surface area contributed by atoms with Crippen molar-refractivity contribution in [2.45, 2.75) is 44.7 Å². The van der Waals surface area contributed by atoms with E-state index in [2.05, 4.69) is 15.6 Å². The molecule has 1 amide bonds. The highest BCUT2D eigenvalue weighted by molar-refractivity contribution is 7.21. The van der Waals surface area contributed by atoms with Gasteiger partial charge in [-0.05, 0) is 57.0 Å². The van der Waals surface area contributed by atoms with Gasteiger partial charge >= 0.3 is 0 Å². The summed E-state index contributed by atoms with van der Waals surface area (Å²) >= 11 is 1.32. The van der Waals surface area contributed by atoms with E-state index < -0.39 is 12.3 Å². The number of alkyl halides is 2. The Morgan fingerprint density at radius 2 is 2.06 bits per heavy atom. The summed E-state index contributed by atoms with van der Waals surface area (Å²) in [4.78, 5) is 25.5. The van der Waals surface area contributed by atoms with Gasteiger partial charge in [0.15, 0.2) is 0 Å². The fourth-order valence-corrected chi connectivity index (χ4v) is 6.03. The van der Waals surface area contributed by atoms with Crippen molar-refractivity contribution in [1.29, 1.82) is 0 Å². The van der Waals surface area contributed by atoms with Crippen LogP contribution in [0.1, 0.15) is 33.0 Å². The number of nitrogens with zero attached hydrogens (tertiary/aromatic N) is 3. The summed E-state index contributed by atoms with van der Waals surface area (Å²) in [6.07, 6.45) is -0.205. The quantitative estimate of drug-likeness (QED) is 0.513. The lowest BCUT2D eigenvalue weighted by Gasteiger charge is -2.26. The van der Waals surface area contributed by atoms with Crippen LogP contribution >= 0.6 is 11.3 Å². The minimum atomic E-state index is -2.36. The number of nitrogens with one attached hydrogen (secondary N) is 2. The number of hydrogen-bond acceptors (Lipinski definition) is 7. The van der Waals surface area contributed by atoms with E-state index in [1.54, 1.807) is 7.05 Å². The molecule has 0 saturated carbocycles. The maximum Gasteiger partial charge on any atom is 0.263 e. The van der Waals surface area contributed by atoms with Crippen molar-refractivity contribution < 1.29 is 13.6 Å². The van der Waals surface area contributed by atoms with Crippen molar-refractivity contribution in [3.63, 3.8) is 0 Å². The summed E-state index contributed by atoms with van der Waals surface area (Å²) < 4.78 is 26.8. The smallest absolute Gasteiger partial charge is 0.263 e. The van der Waals surface area contributed by atoms with Crippen LogP contribution in [0.15, 0.2) is 24.3 Å². The lowest BCUT2D eigenvalue weighted by Crippen LogP contribution is -2.39. The number of pyridine rings is 2. The number of likely N-dealkylation sites (N-methyl/N-ethyl adjacent to an activating group) is 1. The molecule has 7 nitrogen and oxygen atoms in total. The second-order valence-electron chi connectivity index (χ2n) is 9.14. The number of nitrogens with two attached hydrogens (primary N) is 1. The lowest BCUT2D eigenvalue weighted by molar-refractivity contribution is 0.0753. The normalized spacial score (nSPS) is 22.4. The molecule has 0 aromatic carbocycles. The first-order valence-corrected chi connectivity index (χ1v) is 12.3. The predicted molar refractivity (Wildman–Crippen MR) is 131 cm³/mol. The molecule has 180 valence electrons. The molecule has 4 heterocycles. The molecule has 4 N–H and O–H groups in total. The summed E-state index contributed by atoms with van der Waals surface area (Å²) in [5.74, 6) is -0.141. The van der Waals surface area contributed by atoms with Crippen molar-refractivity contribution in [2.24, 2.45) is 5.92 Å². The summed E-state index contributed by atoms with van der Waals surface area (Å²) in [5.41, 5.74) is 9.66. The average molecular weight is 487 g/mol. The maximum absolute atomic E-state index is 13.4. The highest BCUT2D eigenvalue weighted by Crippen LogP contribution is 2.33. The minimum absolute atomic E-state index is 0.0179. The molecule has 3 atom stereocenters. The number of aromatic nitrogens is 2. The van der Waals surface area contributed by atoms with Crippen molar-refractivity contribution in [3.8, 4) is 0 Å². The molecule has 1 aliphatic heterocycles. The Kier molecular flexibility index (Phi) is 6.11. The van der Waals surface area contributed by atoms with E-state index in [9.17, 15) is 13.6 Å². The van der Waals surface area contributed by atoms with Crippen molar-refractivity contribution in [3.05, 3.63) is 46.1 Å². The predicted octanol–water partition coefficient (Wildman–Crippen LogP) is 3.16. The van der Waals surface area contributed by atoms with Crippen molar-refractivity contribution in [1.82, 2.24) is 20.6 Å². The van der Waals surface area contributed by atoms with E-state index in [-0.39, 0.29) is 18.0 Å². The van der Waals surface area contributed by atoms with Gasteiger partial charge in [0.2, 0.25) is 6.43 Å². The van der Waals surface area contributed by atoms with Gasteiger partial charge in [-0.15, -0.1) is 11.3 Å². The van der Waals surface area contributed by atoms with Gasteiger partial charge in [0.1, 0.15) is 15.5 Å². The Morgan fingerprint density at radius 3 is 2.79 bits per heavy atom. The van der Waals surface area contributed by atoms with Crippen LogP contribution in [-0.4, -0.2) is 54.5 Å². The second-order valence-corrected chi connectivity index (χ2v) is 10.1. The van der Waals surface area contributed by atoms with E-state index in [0.29, 0.717) is 30.1 Å². The maximum atomic E-state index is 13.4. The Labute approximate surface area is 200 Å². The first kappa shape index (κ1) is 22.9. The van der Waals surface area contributed by atoms with Gasteiger partial charge in [-0.3, -0.25) is 4.79 Å². The number of amides is 1. The molecule has 34 heavy (non-hydrogen) atoms. The standard InChI is InChI=1S/C24H28F2N6OS/c1-12-3-6-15-20(27)21(34-24(15)29-12)23(33)30-14-5-7-17-13(9-14)4-8-19(31-17)32-10-16(22(25)26)18(11-32)28-2/h3-4,6,8,14,16,18,22,28H,5,7,9-11,27H2,1-2H3,(H,30,33)/t14-,16-,18-/m0/s1. The number of rotatable bonds is 5. The zero-order valence-electron chi connectivity index (χ0n) is 19.1. The van der Waals surface area contributed by atoms with Crippen LogP contribution < -0.4 is 21.3 Å². The largest absolute Gasteiger partial charge is 0.397 e. The highest BCUT2D eigenvalue weighted by atomic mass is 32.1. The molecule has 0 spiro atoms. The van der Waals surface area contributed by atoms with E-state index in [1.165, 1.54) is 11.3 Å². The zero-order valence-corrected chi connectivity index (χ0v) is 20.0. The molecule has 0 bridgehead atoms. The van der Waals surface area contributed by atoms with Crippen molar-refractivity contribution >= 4 is 39.0 Å². The van der Waals surface area contributed by atoms with Gasteiger partial charge < -0.3 is 21.3 Å². The number of halogens is 2. The van der Waals surface area contributed by atoms with Gasteiger partial charge in [-0.2, -0.15) is 0 Å². The van der Waals surface area contributed by atoms with E-state index >= 15 is 0 Å². The van der Waals surface area contributed by atoms with E-state index in [4.69, 9.17) is 10.7 Å². The number of fused-ring (bicyclic) bond motifs is 2. The average Bonchev–Trinajstić information content (AvgIpc) is 3.40. The van der Waals surface area contributed by atoms with Crippen molar-refractivity contribution in [2.75, 3.05) is 30.8 Å². The van der Waals surface area contributed by atoms with Crippen LogP contribution in [-0.2, 0) is 12.8 Å². The summed E-state index contributed by atoms with van der Waals surface area (Å²) in [6.45, 7) is 2.72. The molecule has 3 aromatic rings. The number of carbonyl (C=O) groups excluding carboxylic acids is 1. The third-order valence-electron chi connectivity index (χ3n) is 6.91.